The average Bonchev–Trinajstić information content (AvgIpc) is 2.63. The molecule has 2 aromatic rings. The molecule has 0 saturated heterocycles. The van der Waals surface area contributed by atoms with Gasteiger partial charge in [-0.25, -0.2) is 4.68 Å². The minimum atomic E-state index is 0.0170. The number of hydrogen-bond donors (Lipinski definition) is 1. The van der Waals surface area contributed by atoms with Gasteiger partial charge in [0.1, 0.15) is 0 Å². The van der Waals surface area contributed by atoms with Crippen LogP contribution in [0.5, 0.6) is 0 Å². The number of halogens is 1. The molecule has 1 heterocycles. The van der Waals surface area contributed by atoms with Gasteiger partial charge in [0.2, 0.25) is 0 Å². The van der Waals surface area contributed by atoms with E-state index < -0.39 is 0 Å². The van der Waals surface area contributed by atoms with Gasteiger partial charge in [0, 0.05) is 16.8 Å². The summed E-state index contributed by atoms with van der Waals surface area (Å²) < 4.78 is 1.62. The van der Waals surface area contributed by atoms with Crippen molar-refractivity contribution in [3.05, 3.63) is 57.0 Å². The summed E-state index contributed by atoms with van der Waals surface area (Å²) in [5, 5.41) is 3.82. The van der Waals surface area contributed by atoms with Crippen molar-refractivity contribution in [1.82, 2.24) is 9.78 Å². The maximum absolute atomic E-state index is 11.7. The maximum atomic E-state index is 11.7. The fourth-order valence-electron chi connectivity index (χ4n) is 1.77. The lowest BCUT2D eigenvalue weighted by Crippen LogP contribution is -2.16. The van der Waals surface area contributed by atoms with Crippen molar-refractivity contribution >= 4 is 11.6 Å². The highest BCUT2D eigenvalue weighted by Crippen LogP contribution is 2.10. The van der Waals surface area contributed by atoms with Crippen molar-refractivity contribution in [2.75, 3.05) is 0 Å². The maximum Gasteiger partial charge on any atom is 0.267 e. The van der Waals surface area contributed by atoms with Crippen LogP contribution in [-0.2, 0) is 13.0 Å². The van der Waals surface area contributed by atoms with Crippen LogP contribution in [0.3, 0.4) is 0 Å². The average molecular weight is 251 g/mol. The van der Waals surface area contributed by atoms with E-state index in [1.165, 1.54) is 0 Å². The molecule has 1 aromatic carbocycles. The third kappa shape index (κ3) is 3.01. The quantitative estimate of drug-likeness (QED) is 0.890. The molecule has 1 N–H and O–H groups in total. The lowest BCUT2D eigenvalue weighted by Gasteiger charge is -2.02. The van der Waals surface area contributed by atoms with Crippen molar-refractivity contribution in [3.63, 3.8) is 0 Å². The molecule has 0 bridgehead atoms. The van der Waals surface area contributed by atoms with Crippen LogP contribution < -0.4 is 5.56 Å². The van der Waals surface area contributed by atoms with Gasteiger partial charge in [-0.3, -0.25) is 9.89 Å². The van der Waals surface area contributed by atoms with E-state index in [0.29, 0.717) is 11.6 Å². The van der Waals surface area contributed by atoms with Crippen LogP contribution in [0.4, 0.5) is 0 Å². The Morgan fingerprint density at radius 1 is 1.29 bits per heavy atom. The zero-order chi connectivity index (χ0) is 12.3. The molecule has 0 fully saturated rings. The predicted molar refractivity (Wildman–Crippen MR) is 69.6 cm³/mol. The number of nitrogens with zero attached hydrogens (tertiary/aromatic N) is 1. The fourth-order valence-corrected chi connectivity index (χ4v) is 1.90. The molecule has 1 aromatic heterocycles. The van der Waals surface area contributed by atoms with Gasteiger partial charge in [0.15, 0.2) is 0 Å². The Morgan fingerprint density at radius 3 is 2.65 bits per heavy atom. The lowest BCUT2D eigenvalue weighted by molar-refractivity contribution is 0.648. The minimum Gasteiger partial charge on any atom is -0.299 e. The van der Waals surface area contributed by atoms with Crippen LogP contribution in [-0.4, -0.2) is 9.78 Å². The Bertz CT molecular complexity index is 539. The molecular formula is C13H15ClN2O. The smallest absolute Gasteiger partial charge is 0.267 e. The molecule has 90 valence electrons. The van der Waals surface area contributed by atoms with Crippen LogP contribution >= 0.6 is 11.6 Å². The number of hydrogen-bond acceptors (Lipinski definition) is 1. The molecule has 3 nitrogen and oxygen atoms in total. The second kappa shape index (κ2) is 5.23. The molecule has 0 aliphatic carbocycles. The number of nitrogens with one attached hydrogen (secondary N) is 1. The Kier molecular flexibility index (Phi) is 3.69. The molecule has 0 spiro atoms. The van der Waals surface area contributed by atoms with Gasteiger partial charge in [0.25, 0.3) is 5.56 Å². The van der Waals surface area contributed by atoms with Crippen molar-refractivity contribution in [2.24, 2.45) is 0 Å². The highest BCUT2D eigenvalue weighted by Gasteiger charge is 2.03. The van der Waals surface area contributed by atoms with Crippen LogP contribution in [0, 0.1) is 0 Å². The summed E-state index contributed by atoms with van der Waals surface area (Å²) in [6.07, 6.45) is 1.93. The summed E-state index contributed by atoms with van der Waals surface area (Å²) in [4.78, 5) is 11.7. The van der Waals surface area contributed by atoms with Gasteiger partial charge in [-0.15, -0.1) is 0 Å². The monoisotopic (exact) mass is 250 g/mol. The van der Waals surface area contributed by atoms with Gasteiger partial charge in [-0.1, -0.05) is 37.1 Å². The molecule has 0 unspecified atom stereocenters. The van der Waals surface area contributed by atoms with Gasteiger partial charge < -0.3 is 0 Å². The summed E-state index contributed by atoms with van der Waals surface area (Å²) in [6.45, 7) is 2.65. The second-order valence-corrected chi connectivity index (χ2v) is 4.52. The number of H-pyrrole nitrogens is 1. The summed E-state index contributed by atoms with van der Waals surface area (Å²) in [7, 11) is 0. The van der Waals surface area contributed by atoms with Crippen LogP contribution in [0.2, 0.25) is 5.02 Å². The van der Waals surface area contributed by atoms with Crippen molar-refractivity contribution in [1.29, 1.82) is 0 Å². The van der Waals surface area contributed by atoms with E-state index in [1.54, 1.807) is 10.7 Å². The van der Waals surface area contributed by atoms with Gasteiger partial charge in [-0.05, 0) is 24.1 Å². The normalized spacial score (nSPS) is 10.7. The van der Waals surface area contributed by atoms with E-state index >= 15 is 0 Å². The van der Waals surface area contributed by atoms with E-state index in [9.17, 15) is 4.79 Å². The summed E-state index contributed by atoms with van der Waals surface area (Å²) in [5.74, 6) is 0. The third-order valence-electron chi connectivity index (χ3n) is 2.62. The summed E-state index contributed by atoms with van der Waals surface area (Å²) in [6, 6.07) is 9.18. The van der Waals surface area contributed by atoms with Crippen molar-refractivity contribution < 1.29 is 0 Å². The second-order valence-electron chi connectivity index (χ2n) is 4.08. The fraction of sp³-hybridized carbons (Fsp3) is 0.308. The first-order chi connectivity index (χ1) is 8.19. The van der Waals surface area contributed by atoms with Gasteiger partial charge in [-0.2, -0.15) is 0 Å². The first-order valence-corrected chi connectivity index (χ1v) is 6.10. The number of aromatic nitrogens is 2. The molecule has 0 atom stereocenters. The minimum absolute atomic E-state index is 0.0170. The SMILES string of the molecule is CCCc1cc(=O)n(Cc2ccc(Cl)cc2)[nH]1. The molecule has 2 rings (SSSR count). The number of aryl methyl sites for hydroxylation is 1. The molecular weight excluding hydrogens is 236 g/mol. The standard InChI is InChI=1S/C13H15ClN2O/c1-2-3-12-8-13(17)16(15-12)9-10-4-6-11(14)7-5-10/h4-8,15H,2-3,9H2,1H3. The van der Waals surface area contributed by atoms with E-state index in [-0.39, 0.29) is 5.56 Å². The molecule has 0 amide bonds. The first kappa shape index (κ1) is 12.0. The molecule has 4 heteroatoms. The highest BCUT2D eigenvalue weighted by molar-refractivity contribution is 6.30. The molecule has 0 radical (unpaired) electrons. The van der Waals surface area contributed by atoms with E-state index in [1.807, 2.05) is 24.3 Å². The summed E-state index contributed by atoms with van der Waals surface area (Å²) in [5.41, 5.74) is 2.07. The largest absolute Gasteiger partial charge is 0.299 e. The van der Waals surface area contributed by atoms with Gasteiger partial charge >= 0.3 is 0 Å². The molecule has 0 aliphatic rings. The Morgan fingerprint density at radius 2 is 2.00 bits per heavy atom. The van der Waals surface area contributed by atoms with Crippen LogP contribution in [0.25, 0.3) is 0 Å². The Hall–Kier alpha value is -1.48. The molecule has 17 heavy (non-hydrogen) atoms. The predicted octanol–water partition coefficient (Wildman–Crippen LogP) is 2.83. The third-order valence-corrected chi connectivity index (χ3v) is 2.87. The van der Waals surface area contributed by atoms with E-state index in [4.69, 9.17) is 11.6 Å². The highest BCUT2D eigenvalue weighted by atomic mass is 35.5. The number of rotatable bonds is 4. The van der Waals surface area contributed by atoms with Crippen molar-refractivity contribution in [3.8, 4) is 0 Å². The zero-order valence-corrected chi connectivity index (χ0v) is 10.5. The summed E-state index contributed by atoms with van der Waals surface area (Å²) >= 11 is 5.81. The van der Waals surface area contributed by atoms with Gasteiger partial charge in [0.05, 0.1) is 6.54 Å². The van der Waals surface area contributed by atoms with E-state index in [2.05, 4.69) is 12.0 Å². The van der Waals surface area contributed by atoms with Crippen LogP contribution in [0.1, 0.15) is 24.6 Å². The molecule has 0 saturated carbocycles. The number of benzene rings is 1. The first-order valence-electron chi connectivity index (χ1n) is 5.72. The topological polar surface area (TPSA) is 37.8 Å². The zero-order valence-electron chi connectivity index (χ0n) is 9.74. The Balaban J connectivity index is 2.18. The lowest BCUT2D eigenvalue weighted by atomic mass is 10.2. The molecule has 0 aliphatic heterocycles. The van der Waals surface area contributed by atoms with E-state index in [0.717, 1.165) is 24.1 Å². The van der Waals surface area contributed by atoms with Crippen molar-refractivity contribution in [2.45, 2.75) is 26.3 Å². The Labute approximate surface area is 105 Å². The number of aromatic amines is 1. The van der Waals surface area contributed by atoms with Crippen LogP contribution in [0.15, 0.2) is 35.1 Å².